The standard InChI is InChI=1S/C12H13ClO3/c1-7-4-8(5-9(14)11(7)13)12(2-3-12)6-10(15)16/h4-5,14H,2-3,6H2,1H3,(H,15,16). The number of phenols is 1. The predicted octanol–water partition coefficient (Wildman–Crippen LogP) is 2.86. The van der Waals surface area contributed by atoms with Gasteiger partial charge in [-0.05, 0) is 37.0 Å². The summed E-state index contributed by atoms with van der Waals surface area (Å²) in [6, 6.07) is 3.46. The molecule has 0 amide bonds. The average Bonchev–Trinajstić information content (AvgIpc) is 2.93. The molecule has 0 atom stereocenters. The van der Waals surface area contributed by atoms with Gasteiger partial charge in [0, 0.05) is 5.41 Å². The maximum atomic E-state index is 10.8. The number of aryl methyl sites for hydroxylation is 1. The Morgan fingerprint density at radius 1 is 1.50 bits per heavy atom. The molecule has 2 rings (SSSR count). The van der Waals surface area contributed by atoms with Crippen LogP contribution in [-0.2, 0) is 10.2 Å². The Kier molecular flexibility index (Phi) is 2.58. The summed E-state index contributed by atoms with van der Waals surface area (Å²) in [5, 5.41) is 18.8. The van der Waals surface area contributed by atoms with Gasteiger partial charge < -0.3 is 10.2 Å². The number of rotatable bonds is 3. The van der Waals surface area contributed by atoms with Gasteiger partial charge in [-0.15, -0.1) is 0 Å². The van der Waals surface area contributed by atoms with E-state index >= 15 is 0 Å². The van der Waals surface area contributed by atoms with Crippen molar-refractivity contribution in [3.8, 4) is 5.75 Å². The minimum Gasteiger partial charge on any atom is -0.506 e. The van der Waals surface area contributed by atoms with Crippen LogP contribution in [0.1, 0.15) is 30.4 Å². The number of carboxylic acid groups (broad SMARTS) is 1. The van der Waals surface area contributed by atoms with Gasteiger partial charge in [-0.1, -0.05) is 17.7 Å². The molecule has 1 aromatic rings. The van der Waals surface area contributed by atoms with Crippen molar-refractivity contribution >= 4 is 17.6 Å². The highest BCUT2D eigenvalue weighted by Crippen LogP contribution is 2.52. The van der Waals surface area contributed by atoms with Crippen molar-refractivity contribution in [1.82, 2.24) is 0 Å². The van der Waals surface area contributed by atoms with Crippen molar-refractivity contribution in [2.45, 2.75) is 31.6 Å². The van der Waals surface area contributed by atoms with Gasteiger partial charge in [0.05, 0.1) is 11.4 Å². The number of halogens is 1. The molecular formula is C12H13ClO3. The first-order chi connectivity index (χ1) is 7.44. The van der Waals surface area contributed by atoms with Gasteiger partial charge in [0.2, 0.25) is 0 Å². The second kappa shape index (κ2) is 3.67. The topological polar surface area (TPSA) is 57.5 Å². The molecule has 16 heavy (non-hydrogen) atoms. The molecule has 1 saturated carbocycles. The molecule has 0 spiro atoms. The molecule has 3 nitrogen and oxygen atoms in total. The predicted molar refractivity (Wildman–Crippen MR) is 61.0 cm³/mol. The number of phenolic OH excluding ortho intramolecular Hbond substituents is 1. The summed E-state index contributed by atoms with van der Waals surface area (Å²) >= 11 is 5.86. The molecule has 0 heterocycles. The Bertz CT molecular complexity index is 427. The lowest BCUT2D eigenvalue weighted by Gasteiger charge is -2.15. The summed E-state index contributed by atoms with van der Waals surface area (Å²) in [5.41, 5.74) is 1.39. The number of benzene rings is 1. The molecule has 0 aliphatic heterocycles. The number of carbonyl (C=O) groups is 1. The molecular weight excluding hydrogens is 228 g/mol. The molecule has 0 radical (unpaired) electrons. The first-order valence-electron chi connectivity index (χ1n) is 5.16. The van der Waals surface area contributed by atoms with Crippen LogP contribution in [0.2, 0.25) is 5.02 Å². The van der Waals surface area contributed by atoms with Crippen LogP contribution in [0.4, 0.5) is 0 Å². The van der Waals surface area contributed by atoms with Crippen molar-refractivity contribution in [3.63, 3.8) is 0 Å². The average molecular weight is 241 g/mol. The largest absolute Gasteiger partial charge is 0.506 e. The van der Waals surface area contributed by atoms with Gasteiger partial charge in [0.25, 0.3) is 0 Å². The zero-order chi connectivity index (χ0) is 11.9. The van der Waals surface area contributed by atoms with E-state index in [4.69, 9.17) is 16.7 Å². The summed E-state index contributed by atoms with van der Waals surface area (Å²) in [5.74, 6) is -0.766. The van der Waals surface area contributed by atoms with Crippen molar-refractivity contribution in [2.24, 2.45) is 0 Å². The SMILES string of the molecule is Cc1cc(C2(CC(=O)O)CC2)cc(O)c1Cl. The molecule has 0 aromatic heterocycles. The second-order valence-corrected chi connectivity index (χ2v) is 4.86. The molecule has 1 aromatic carbocycles. The third-order valence-electron chi connectivity index (χ3n) is 3.19. The van der Waals surface area contributed by atoms with Crippen molar-refractivity contribution in [3.05, 3.63) is 28.3 Å². The highest BCUT2D eigenvalue weighted by molar-refractivity contribution is 6.32. The van der Waals surface area contributed by atoms with E-state index in [9.17, 15) is 9.90 Å². The lowest BCUT2D eigenvalue weighted by molar-refractivity contribution is -0.137. The highest BCUT2D eigenvalue weighted by atomic mass is 35.5. The van der Waals surface area contributed by atoms with Gasteiger partial charge in [-0.3, -0.25) is 4.79 Å². The van der Waals surface area contributed by atoms with Gasteiger partial charge in [0.15, 0.2) is 0 Å². The quantitative estimate of drug-likeness (QED) is 0.854. The van der Waals surface area contributed by atoms with Gasteiger partial charge in [0.1, 0.15) is 5.75 Å². The molecule has 1 fully saturated rings. The van der Waals surface area contributed by atoms with Gasteiger partial charge in [-0.25, -0.2) is 0 Å². The molecule has 0 saturated heterocycles. The van der Waals surface area contributed by atoms with E-state index < -0.39 is 5.97 Å². The summed E-state index contributed by atoms with van der Waals surface area (Å²) in [6.45, 7) is 1.81. The first kappa shape index (κ1) is 11.3. The van der Waals surface area contributed by atoms with Crippen LogP contribution in [0, 0.1) is 6.92 Å². The van der Waals surface area contributed by atoms with Crippen LogP contribution in [0.15, 0.2) is 12.1 Å². The number of hydrogen-bond donors (Lipinski definition) is 2. The zero-order valence-electron chi connectivity index (χ0n) is 8.96. The van der Waals surface area contributed by atoms with E-state index in [1.165, 1.54) is 0 Å². The minimum atomic E-state index is -0.801. The van der Waals surface area contributed by atoms with Crippen LogP contribution < -0.4 is 0 Å². The maximum absolute atomic E-state index is 10.8. The van der Waals surface area contributed by atoms with E-state index in [0.717, 1.165) is 24.0 Å². The summed E-state index contributed by atoms with van der Waals surface area (Å²) in [7, 11) is 0. The summed E-state index contributed by atoms with van der Waals surface area (Å²) < 4.78 is 0. The monoisotopic (exact) mass is 240 g/mol. The summed E-state index contributed by atoms with van der Waals surface area (Å²) in [6.07, 6.45) is 1.84. The number of aromatic hydroxyl groups is 1. The normalized spacial score (nSPS) is 17.1. The highest BCUT2D eigenvalue weighted by Gasteiger charge is 2.46. The van der Waals surface area contributed by atoms with Crippen LogP contribution in [0.25, 0.3) is 0 Å². The Hall–Kier alpha value is -1.22. The van der Waals surface area contributed by atoms with E-state index in [0.29, 0.717) is 5.02 Å². The lowest BCUT2D eigenvalue weighted by Crippen LogP contribution is -2.13. The lowest BCUT2D eigenvalue weighted by atomic mass is 9.91. The smallest absolute Gasteiger partial charge is 0.304 e. The van der Waals surface area contributed by atoms with Crippen LogP contribution in [0.3, 0.4) is 0 Å². The van der Waals surface area contributed by atoms with Crippen molar-refractivity contribution in [2.75, 3.05) is 0 Å². The van der Waals surface area contributed by atoms with Crippen LogP contribution in [0.5, 0.6) is 5.75 Å². The second-order valence-electron chi connectivity index (χ2n) is 4.48. The number of carboxylic acids is 1. The number of hydrogen-bond acceptors (Lipinski definition) is 2. The number of aliphatic carboxylic acids is 1. The Labute approximate surface area is 98.7 Å². The molecule has 0 bridgehead atoms. The first-order valence-corrected chi connectivity index (χ1v) is 5.54. The van der Waals surface area contributed by atoms with E-state index in [-0.39, 0.29) is 17.6 Å². The van der Waals surface area contributed by atoms with Crippen LogP contribution >= 0.6 is 11.6 Å². The zero-order valence-corrected chi connectivity index (χ0v) is 9.71. The minimum absolute atomic E-state index is 0.0355. The maximum Gasteiger partial charge on any atom is 0.304 e. The van der Waals surface area contributed by atoms with E-state index in [1.807, 2.05) is 13.0 Å². The molecule has 1 aliphatic carbocycles. The van der Waals surface area contributed by atoms with E-state index in [2.05, 4.69) is 0 Å². The summed E-state index contributed by atoms with van der Waals surface area (Å²) in [4.78, 5) is 10.8. The molecule has 4 heteroatoms. The van der Waals surface area contributed by atoms with Gasteiger partial charge >= 0.3 is 5.97 Å². The Morgan fingerprint density at radius 3 is 2.56 bits per heavy atom. The van der Waals surface area contributed by atoms with E-state index in [1.54, 1.807) is 6.07 Å². The fraction of sp³-hybridized carbons (Fsp3) is 0.417. The third kappa shape index (κ3) is 1.87. The fourth-order valence-electron chi connectivity index (χ4n) is 2.07. The van der Waals surface area contributed by atoms with Crippen LogP contribution in [-0.4, -0.2) is 16.2 Å². The molecule has 86 valence electrons. The van der Waals surface area contributed by atoms with Crippen molar-refractivity contribution in [1.29, 1.82) is 0 Å². The van der Waals surface area contributed by atoms with Gasteiger partial charge in [-0.2, -0.15) is 0 Å². The molecule has 1 aliphatic rings. The van der Waals surface area contributed by atoms with Crippen molar-refractivity contribution < 1.29 is 15.0 Å². The molecule has 2 N–H and O–H groups in total. The third-order valence-corrected chi connectivity index (χ3v) is 3.68. The Balaban J connectivity index is 2.38. The Morgan fingerprint density at radius 2 is 2.12 bits per heavy atom. The fourth-order valence-corrected chi connectivity index (χ4v) is 2.17. The molecule has 0 unspecified atom stereocenters.